The van der Waals surface area contributed by atoms with Crippen LogP contribution in [0.2, 0.25) is 5.15 Å². The van der Waals surface area contributed by atoms with Gasteiger partial charge in [-0.3, -0.25) is 14.7 Å². The molecule has 7 nitrogen and oxygen atoms in total. The molecule has 0 aliphatic carbocycles. The van der Waals surface area contributed by atoms with Crippen molar-refractivity contribution < 1.29 is 14.3 Å². The quantitative estimate of drug-likeness (QED) is 0.771. The van der Waals surface area contributed by atoms with Gasteiger partial charge >= 0.3 is 6.09 Å². The van der Waals surface area contributed by atoms with E-state index in [1.165, 1.54) is 21.1 Å². The molecule has 1 saturated heterocycles. The zero-order valence-electron chi connectivity index (χ0n) is 15.6. The van der Waals surface area contributed by atoms with Crippen molar-refractivity contribution in [3.63, 3.8) is 0 Å². The van der Waals surface area contributed by atoms with E-state index in [9.17, 15) is 9.59 Å². The van der Waals surface area contributed by atoms with E-state index >= 15 is 0 Å². The maximum atomic E-state index is 12.9. The summed E-state index contributed by atoms with van der Waals surface area (Å²) in [6.45, 7) is 5.89. The van der Waals surface area contributed by atoms with Crippen LogP contribution in [-0.2, 0) is 9.53 Å². The van der Waals surface area contributed by atoms with Crippen LogP contribution in [0.1, 0.15) is 27.2 Å². The Labute approximate surface area is 166 Å². The van der Waals surface area contributed by atoms with Gasteiger partial charge in [0.25, 0.3) is 0 Å². The van der Waals surface area contributed by atoms with Gasteiger partial charge in [-0.2, -0.15) is 0 Å². The molecule has 3 rings (SSSR count). The zero-order chi connectivity index (χ0) is 19.8. The fourth-order valence-electron chi connectivity index (χ4n) is 2.62. The van der Waals surface area contributed by atoms with Crippen LogP contribution < -0.4 is 4.90 Å². The third kappa shape index (κ3) is 4.22. The molecule has 0 saturated carbocycles. The molecule has 0 N–H and O–H groups in total. The van der Waals surface area contributed by atoms with Gasteiger partial charge in [0.2, 0.25) is 5.91 Å². The van der Waals surface area contributed by atoms with E-state index < -0.39 is 17.7 Å². The Kier molecular flexibility index (Phi) is 5.39. The SMILES string of the molecule is CN(C(=O)C1CCN1C(=O)OC(C)(C)C)c1sc(-c2cccnc2)nc1Cl. The summed E-state index contributed by atoms with van der Waals surface area (Å²) < 4.78 is 5.37. The molecule has 1 fully saturated rings. The molecule has 0 spiro atoms. The highest BCUT2D eigenvalue weighted by Crippen LogP contribution is 2.38. The lowest BCUT2D eigenvalue weighted by Gasteiger charge is -2.41. The van der Waals surface area contributed by atoms with Gasteiger partial charge in [-0.25, -0.2) is 9.78 Å². The second-order valence-electron chi connectivity index (χ2n) is 7.23. The van der Waals surface area contributed by atoms with Gasteiger partial charge in [0.1, 0.15) is 21.7 Å². The number of anilines is 1. The smallest absolute Gasteiger partial charge is 0.410 e. The van der Waals surface area contributed by atoms with Crippen LogP contribution in [0.15, 0.2) is 24.5 Å². The number of halogens is 1. The average molecular weight is 409 g/mol. The number of amides is 2. The number of likely N-dealkylation sites (N-methyl/N-ethyl adjacent to an activating group) is 1. The third-order valence-electron chi connectivity index (χ3n) is 4.05. The lowest BCUT2D eigenvalue weighted by molar-refractivity contribution is -0.127. The van der Waals surface area contributed by atoms with Crippen molar-refractivity contribution in [2.75, 3.05) is 18.5 Å². The first-order valence-corrected chi connectivity index (χ1v) is 9.71. The number of pyridine rings is 1. The fraction of sp³-hybridized carbons (Fsp3) is 0.444. The maximum absolute atomic E-state index is 12.9. The van der Waals surface area contributed by atoms with Gasteiger partial charge in [0.05, 0.1) is 0 Å². The van der Waals surface area contributed by atoms with E-state index in [4.69, 9.17) is 16.3 Å². The number of aromatic nitrogens is 2. The second-order valence-corrected chi connectivity index (χ2v) is 8.57. The fourth-order valence-corrected chi connectivity index (χ4v) is 3.91. The first-order chi connectivity index (χ1) is 12.7. The van der Waals surface area contributed by atoms with Gasteiger partial charge in [0, 0.05) is 31.5 Å². The summed E-state index contributed by atoms with van der Waals surface area (Å²) in [6, 6.07) is 3.14. The number of carbonyl (C=O) groups is 2. The minimum absolute atomic E-state index is 0.213. The van der Waals surface area contributed by atoms with Crippen LogP contribution in [-0.4, -0.2) is 52.1 Å². The van der Waals surface area contributed by atoms with E-state index in [2.05, 4.69) is 9.97 Å². The number of thiazole rings is 1. The van der Waals surface area contributed by atoms with E-state index in [1.54, 1.807) is 40.2 Å². The third-order valence-corrected chi connectivity index (χ3v) is 5.60. The largest absolute Gasteiger partial charge is 0.444 e. The van der Waals surface area contributed by atoms with Gasteiger partial charge in [-0.05, 0) is 39.3 Å². The van der Waals surface area contributed by atoms with E-state index in [0.29, 0.717) is 23.0 Å². The monoisotopic (exact) mass is 408 g/mol. The van der Waals surface area contributed by atoms with Crippen LogP contribution in [0.5, 0.6) is 0 Å². The molecular weight excluding hydrogens is 388 g/mol. The molecule has 3 heterocycles. The standard InChI is InChI=1S/C18H21ClN4O3S/c1-18(2,3)26-17(25)23-9-7-12(23)15(24)22(4)16-13(19)21-14(27-16)11-6-5-8-20-10-11/h5-6,8,10,12H,7,9H2,1-4H3. The summed E-state index contributed by atoms with van der Waals surface area (Å²) in [5, 5.41) is 1.47. The van der Waals surface area contributed by atoms with Crippen molar-refractivity contribution in [2.45, 2.75) is 38.8 Å². The maximum Gasteiger partial charge on any atom is 0.410 e. The number of likely N-dealkylation sites (tertiary alicyclic amines) is 1. The molecule has 0 radical (unpaired) electrons. The summed E-state index contributed by atoms with van der Waals surface area (Å²) in [5.74, 6) is -0.213. The van der Waals surface area contributed by atoms with Crippen molar-refractivity contribution in [1.29, 1.82) is 0 Å². The molecule has 2 aromatic heterocycles. The Morgan fingerprint density at radius 2 is 2.15 bits per heavy atom. The average Bonchev–Trinajstić information content (AvgIpc) is 2.94. The van der Waals surface area contributed by atoms with Crippen LogP contribution in [0.4, 0.5) is 9.80 Å². The summed E-state index contributed by atoms with van der Waals surface area (Å²) in [5.41, 5.74) is 0.224. The van der Waals surface area contributed by atoms with Gasteiger partial charge in [-0.1, -0.05) is 22.9 Å². The zero-order valence-corrected chi connectivity index (χ0v) is 17.2. The van der Waals surface area contributed by atoms with Crippen LogP contribution in [0.25, 0.3) is 10.6 Å². The van der Waals surface area contributed by atoms with Crippen molar-refractivity contribution in [1.82, 2.24) is 14.9 Å². The minimum Gasteiger partial charge on any atom is -0.444 e. The highest BCUT2D eigenvalue weighted by atomic mass is 35.5. The molecule has 1 atom stereocenters. The lowest BCUT2D eigenvalue weighted by Crippen LogP contribution is -2.59. The molecule has 2 aromatic rings. The van der Waals surface area contributed by atoms with E-state index in [0.717, 1.165) is 5.56 Å². The molecule has 0 bridgehead atoms. The Balaban J connectivity index is 1.74. The molecule has 27 heavy (non-hydrogen) atoms. The van der Waals surface area contributed by atoms with Crippen molar-refractivity contribution in [3.8, 4) is 10.6 Å². The molecule has 9 heteroatoms. The summed E-state index contributed by atoms with van der Waals surface area (Å²) in [4.78, 5) is 36.5. The molecule has 1 aliphatic rings. The Bertz CT molecular complexity index is 850. The molecule has 0 aromatic carbocycles. The predicted molar refractivity (Wildman–Crippen MR) is 105 cm³/mol. The highest BCUT2D eigenvalue weighted by molar-refractivity contribution is 7.19. The number of carbonyl (C=O) groups excluding carboxylic acids is 2. The van der Waals surface area contributed by atoms with Crippen molar-refractivity contribution in [2.24, 2.45) is 0 Å². The number of ether oxygens (including phenoxy) is 1. The number of hydrogen-bond acceptors (Lipinski definition) is 6. The Morgan fingerprint density at radius 1 is 1.41 bits per heavy atom. The predicted octanol–water partition coefficient (Wildman–Crippen LogP) is 3.83. The van der Waals surface area contributed by atoms with Crippen LogP contribution in [0.3, 0.4) is 0 Å². The van der Waals surface area contributed by atoms with Gasteiger partial charge < -0.3 is 9.64 Å². The summed E-state index contributed by atoms with van der Waals surface area (Å²) in [6.07, 6.45) is 3.48. The van der Waals surface area contributed by atoms with Crippen molar-refractivity contribution in [3.05, 3.63) is 29.7 Å². The Hall–Kier alpha value is -2.19. The minimum atomic E-state index is -0.605. The molecular formula is C18H21ClN4O3S. The van der Waals surface area contributed by atoms with Gasteiger partial charge in [-0.15, -0.1) is 0 Å². The first-order valence-electron chi connectivity index (χ1n) is 8.51. The number of hydrogen-bond donors (Lipinski definition) is 0. The number of nitrogens with zero attached hydrogens (tertiary/aromatic N) is 4. The van der Waals surface area contributed by atoms with Crippen LogP contribution >= 0.6 is 22.9 Å². The second kappa shape index (κ2) is 7.44. The Morgan fingerprint density at radius 3 is 2.70 bits per heavy atom. The van der Waals surface area contributed by atoms with E-state index in [-0.39, 0.29) is 11.1 Å². The first kappa shape index (κ1) is 19.6. The normalized spacial score (nSPS) is 16.6. The van der Waals surface area contributed by atoms with Crippen molar-refractivity contribution >= 4 is 39.9 Å². The molecule has 2 amide bonds. The lowest BCUT2D eigenvalue weighted by atomic mass is 10.0. The summed E-state index contributed by atoms with van der Waals surface area (Å²) >= 11 is 7.57. The van der Waals surface area contributed by atoms with E-state index in [1.807, 2.05) is 12.1 Å². The van der Waals surface area contributed by atoms with Gasteiger partial charge in [0.15, 0.2) is 5.15 Å². The molecule has 1 aliphatic heterocycles. The molecule has 1 unspecified atom stereocenters. The topological polar surface area (TPSA) is 75.6 Å². The number of rotatable bonds is 3. The van der Waals surface area contributed by atoms with Crippen LogP contribution in [0, 0.1) is 0 Å². The highest BCUT2D eigenvalue weighted by Gasteiger charge is 2.42. The summed E-state index contributed by atoms with van der Waals surface area (Å²) in [7, 11) is 1.64. The molecule has 144 valence electrons.